The Hall–Kier alpha value is -3.32. The number of aryl methyl sites for hydroxylation is 1. The number of likely N-dealkylation sites (tertiary alicyclic amines) is 2. The molecule has 182 valence electrons. The maximum atomic E-state index is 13.3. The first-order chi connectivity index (χ1) is 17.1. The number of H-pyrrole nitrogens is 1. The smallest absolute Gasteiger partial charge is 0.326 e. The van der Waals surface area contributed by atoms with Gasteiger partial charge in [-0.2, -0.15) is 0 Å². The van der Waals surface area contributed by atoms with E-state index in [1.807, 2.05) is 33.7 Å². The van der Waals surface area contributed by atoms with Gasteiger partial charge in [-0.15, -0.1) is 0 Å². The number of hydrogen-bond acceptors (Lipinski definition) is 3. The highest BCUT2D eigenvalue weighted by Gasteiger charge is 2.32. The van der Waals surface area contributed by atoms with Crippen LogP contribution in [0.15, 0.2) is 59.5 Å². The van der Waals surface area contributed by atoms with Gasteiger partial charge in [0.2, 0.25) is 5.91 Å². The van der Waals surface area contributed by atoms with E-state index in [9.17, 15) is 9.59 Å². The van der Waals surface area contributed by atoms with Gasteiger partial charge >= 0.3 is 5.69 Å². The third kappa shape index (κ3) is 4.08. The monoisotopic (exact) mass is 471 g/mol. The maximum absolute atomic E-state index is 13.3. The zero-order valence-corrected chi connectivity index (χ0v) is 20.3. The number of benzene rings is 2. The molecule has 2 aromatic carbocycles. The van der Waals surface area contributed by atoms with Crippen molar-refractivity contribution in [1.82, 2.24) is 23.9 Å². The number of piperidine rings is 2. The molecule has 7 heteroatoms. The topological polar surface area (TPSA) is 66.3 Å². The minimum absolute atomic E-state index is 0.0467. The number of nitrogens with zero attached hydrogens (tertiary/aromatic N) is 4. The fourth-order valence-electron chi connectivity index (χ4n) is 6.17. The van der Waals surface area contributed by atoms with Crippen molar-refractivity contribution >= 4 is 27.8 Å². The summed E-state index contributed by atoms with van der Waals surface area (Å²) in [6, 6.07) is 16.6. The van der Waals surface area contributed by atoms with E-state index in [0.29, 0.717) is 5.91 Å². The largest absolute Gasteiger partial charge is 0.350 e. The summed E-state index contributed by atoms with van der Waals surface area (Å²) in [7, 11) is 2.11. The number of nitrogens with one attached hydrogen (secondary N) is 1. The first kappa shape index (κ1) is 22.2. The van der Waals surface area contributed by atoms with Crippen molar-refractivity contribution in [3.63, 3.8) is 0 Å². The highest BCUT2D eigenvalue weighted by molar-refractivity contribution is 5.84. The second kappa shape index (κ2) is 9.04. The summed E-state index contributed by atoms with van der Waals surface area (Å²) in [4.78, 5) is 33.3. The molecular weight excluding hydrogens is 438 g/mol. The van der Waals surface area contributed by atoms with E-state index in [1.54, 1.807) is 0 Å². The van der Waals surface area contributed by atoms with Gasteiger partial charge in [-0.05, 0) is 62.5 Å². The Labute approximate surface area is 204 Å². The molecule has 2 fully saturated rings. The van der Waals surface area contributed by atoms with Crippen molar-refractivity contribution in [2.75, 3.05) is 26.2 Å². The fraction of sp³-hybridized carbons (Fsp3) is 0.429. The van der Waals surface area contributed by atoms with Crippen molar-refractivity contribution in [3.05, 3.63) is 70.8 Å². The lowest BCUT2D eigenvalue weighted by molar-refractivity contribution is -0.138. The van der Waals surface area contributed by atoms with Crippen LogP contribution in [0.3, 0.4) is 0 Å². The van der Waals surface area contributed by atoms with Crippen LogP contribution in [0.25, 0.3) is 21.9 Å². The molecule has 35 heavy (non-hydrogen) atoms. The second-order valence-electron chi connectivity index (χ2n) is 10.2. The lowest BCUT2D eigenvalue weighted by atomic mass is 9.93. The molecule has 4 aromatic rings. The van der Waals surface area contributed by atoms with E-state index in [-0.39, 0.29) is 17.6 Å². The van der Waals surface area contributed by atoms with Crippen LogP contribution in [0, 0.1) is 5.92 Å². The Morgan fingerprint density at radius 1 is 0.914 bits per heavy atom. The Kier molecular flexibility index (Phi) is 5.72. The van der Waals surface area contributed by atoms with Gasteiger partial charge in [-0.3, -0.25) is 14.3 Å². The summed E-state index contributed by atoms with van der Waals surface area (Å²) < 4.78 is 4.10. The molecule has 1 N–H and O–H groups in total. The van der Waals surface area contributed by atoms with Crippen molar-refractivity contribution in [2.45, 2.75) is 38.3 Å². The highest BCUT2D eigenvalue weighted by Crippen LogP contribution is 2.29. The number of aromatic amines is 1. The van der Waals surface area contributed by atoms with Crippen molar-refractivity contribution in [1.29, 1.82) is 0 Å². The number of aromatic nitrogens is 3. The third-order valence-electron chi connectivity index (χ3n) is 8.08. The van der Waals surface area contributed by atoms with E-state index >= 15 is 0 Å². The lowest BCUT2D eigenvalue weighted by Crippen LogP contribution is -2.46. The standard InChI is InChI=1S/C28H33N5O2/c1-30-18-21(23-6-2-4-8-25(23)30)19-31-14-10-20(11-15-31)27(34)32-16-12-22(13-17-32)33-26-9-5-3-7-24(26)29-28(33)35/h2-9,18,20,22H,10-17,19H2,1H3,(H,29,35). The second-order valence-corrected chi connectivity index (χ2v) is 10.2. The van der Waals surface area contributed by atoms with E-state index in [4.69, 9.17) is 0 Å². The number of amides is 1. The van der Waals surface area contributed by atoms with Crippen LogP contribution in [0.4, 0.5) is 0 Å². The Bertz CT molecular complexity index is 1410. The van der Waals surface area contributed by atoms with E-state index in [1.165, 1.54) is 16.5 Å². The van der Waals surface area contributed by atoms with Gasteiger partial charge in [-0.25, -0.2) is 4.79 Å². The number of imidazole rings is 1. The molecule has 2 saturated heterocycles. The number of fused-ring (bicyclic) bond motifs is 2. The predicted octanol–water partition coefficient (Wildman–Crippen LogP) is 3.90. The predicted molar refractivity (Wildman–Crippen MR) is 138 cm³/mol. The highest BCUT2D eigenvalue weighted by atomic mass is 16.2. The van der Waals surface area contributed by atoms with Gasteiger partial charge < -0.3 is 14.5 Å². The van der Waals surface area contributed by atoms with Crippen LogP contribution in [-0.2, 0) is 18.4 Å². The average Bonchev–Trinajstić information content (AvgIpc) is 3.40. The molecule has 0 saturated carbocycles. The molecule has 0 bridgehead atoms. The zero-order chi connectivity index (χ0) is 23.9. The van der Waals surface area contributed by atoms with Crippen molar-refractivity contribution < 1.29 is 4.79 Å². The van der Waals surface area contributed by atoms with E-state index in [0.717, 1.165) is 69.4 Å². The minimum atomic E-state index is -0.0467. The van der Waals surface area contributed by atoms with Crippen LogP contribution in [-0.4, -0.2) is 56.0 Å². The summed E-state index contributed by atoms with van der Waals surface area (Å²) >= 11 is 0. The molecule has 0 atom stereocenters. The molecule has 0 radical (unpaired) electrons. The first-order valence-electron chi connectivity index (χ1n) is 12.8. The van der Waals surface area contributed by atoms with Crippen LogP contribution < -0.4 is 5.69 Å². The molecule has 1 amide bonds. The Morgan fingerprint density at radius 2 is 1.60 bits per heavy atom. The molecule has 2 aliphatic heterocycles. The van der Waals surface area contributed by atoms with Gasteiger partial charge in [0.25, 0.3) is 0 Å². The quantitative estimate of drug-likeness (QED) is 0.491. The number of para-hydroxylation sites is 3. The summed E-state index contributed by atoms with van der Waals surface area (Å²) in [6.45, 7) is 4.31. The van der Waals surface area contributed by atoms with Gasteiger partial charge in [0.1, 0.15) is 0 Å². The molecule has 7 nitrogen and oxygen atoms in total. The first-order valence-corrected chi connectivity index (χ1v) is 12.8. The number of hydrogen-bond donors (Lipinski definition) is 1. The van der Waals surface area contributed by atoms with Gasteiger partial charge in [0.15, 0.2) is 0 Å². The third-order valence-corrected chi connectivity index (χ3v) is 8.08. The average molecular weight is 472 g/mol. The molecule has 4 heterocycles. The Balaban J connectivity index is 1.05. The van der Waals surface area contributed by atoms with Crippen LogP contribution >= 0.6 is 0 Å². The Morgan fingerprint density at radius 3 is 2.37 bits per heavy atom. The molecule has 0 unspecified atom stereocenters. The summed E-state index contributed by atoms with van der Waals surface area (Å²) in [6.07, 6.45) is 5.74. The number of rotatable bonds is 4. The number of carbonyl (C=O) groups is 1. The molecule has 0 aliphatic carbocycles. The van der Waals surface area contributed by atoms with Crippen LogP contribution in [0.2, 0.25) is 0 Å². The normalized spacial score (nSPS) is 18.6. The zero-order valence-electron chi connectivity index (χ0n) is 20.3. The summed E-state index contributed by atoms with van der Waals surface area (Å²) in [5.74, 6) is 0.422. The van der Waals surface area contributed by atoms with Crippen molar-refractivity contribution in [3.8, 4) is 0 Å². The maximum Gasteiger partial charge on any atom is 0.326 e. The summed E-state index contributed by atoms with van der Waals surface area (Å²) in [5, 5.41) is 1.32. The lowest BCUT2D eigenvalue weighted by Gasteiger charge is -2.37. The number of carbonyl (C=O) groups excluding carboxylic acids is 1. The SMILES string of the molecule is Cn1cc(CN2CCC(C(=O)N3CCC(n4c(=O)[nH]c5ccccc54)CC3)CC2)c2ccccc21. The minimum Gasteiger partial charge on any atom is -0.350 e. The van der Waals surface area contributed by atoms with Gasteiger partial charge in [0, 0.05) is 55.7 Å². The molecule has 2 aromatic heterocycles. The molecule has 0 spiro atoms. The molecular formula is C28H33N5O2. The van der Waals surface area contributed by atoms with E-state index < -0.39 is 0 Å². The van der Waals surface area contributed by atoms with Gasteiger partial charge in [0.05, 0.1) is 11.0 Å². The van der Waals surface area contributed by atoms with Crippen molar-refractivity contribution in [2.24, 2.45) is 13.0 Å². The summed E-state index contributed by atoms with van der Waals surface area (Å²) in [5.41, 5.74) is 4.43. The fourth-order valence-corrected chi connectivity index (χ4v) is 6.17. The van der Waals surface area contributed by atoms with Crippen LogP contribution in [0.1, 0.15) is 37.3 Å². The molecule has 2 aliphatic rings. The van der Waals surface area contributed by atoms with Gasteiger partial charge in [-0.1, -0.05) is 30.3 Å². The van der Waals surface area contributed by atoms with Crippen LogP contribution in [0.5, 0.6) is 0 Å². The van der Waals surface area contributed by atoms with E-state index in [2.05, 4.69) is 52.0 Å². The molecule has 6 rings (SSSR count).